The summed E-state index contributed by atoms with van der Waals surface area (Å²) in [5.74, 6) is 0. The van der Waals surface area contributed by atoms with Gasteiger partial charge in [-0.25, -0.2) is 4.79 Å². The maximum atomic E-state index is 12.1. The average molecular weight is 233 g/mol. The number of hydrogen-bond donors (Lipinski definition) is 2. The van der Waals surface area contributed by atoms with Crippen LogP contribution in [0.3, 0.4) is 0 Å². The molecule has 1 aliphatic rings. The molecule has 2 rings (SSSR count). The van der Waals surface area contributed by atoms with Gasteiger partial charge in [-0.1, -0.05) is 18.2 Å². The lowest BCUT2D eigenvalue weighted by Gasteiger charge is -2.34. The van der Waals surface area contributed by atoms with Crippen LogP contribution in [0.15, 0.2) is 30.3 Å². The van der Waals surface area contributed by atoms with E-state index in [1.807, 2.05) is 49.1 Å². The van der Waals surface area contributed by atoms with Crippen LogP contribution in [-0.4, -0.2) is 29.1 Å². The van der Waals surface area contributed by atoms with Gasteiger partial charge in [0.25, 0.3) is 0 Å². The fraction of sp³-hybridized carbons (Fsp3) is 0.462. The van der Waals surface area contributed by atoms with Crippen molar-refractivity contribution in [1.82, 2.24) is 4.90 Å². The zero-order valence-electron chi connectivity index (χ0n) is 10.3. The van der Waals surface area contributed by atoms with E-state index in [4.69, 9.17) is 5.73 Å². The van der Waals surface area contributed by atoms with Crippen LogP contribution >= 0.6 is 0 Å². The quantitative estimate of drug-likeness (QED) is 0.779. The molecule has 1 saturated heterocycles. The minimum atomic E-state index is -0.279. The summed E-state index contributed by atoms with van der Waals surface area (Å²) in [4.78, 5) is 13.9. The summed E-state index contributed by atoms with van der Waals surface area (Å²) >= 11 is 0. The van der Waals surface area contributed by atoms with E-state index in [1.165, 1.54) is 0 Å². The van der Waals surface area contributed by atoms with Crippen molar-refractivity contribution in [3.05, 3.63) is 30.3 Å². The van der Waals surface area contributed by atoms with Crippen molar-refractivity contribution in [2.24, 2.45) is 5.73 Å². The van der Waals surface area contributed by atoms with Crippen molar-refractivity contribution in [2.45, 2.75) is 31.8 Å². The van der Waals surface area contributed by atoms with E-state index in [-0.39, 0.29) is 17.6 Å². The first-order valence-corrected chi connectivity index (χ1v) is 5.91. The van der Waals surface area contributed by atoms with Crippen molar-refractivity contribution in [3.63, 3.8) is 0 Å². The number of benzene rings is 1. The van der Waals surface area contributed by atoms with Crippen LogP contribution in [0.4, 0.5) is 10.5 Å². The van der Waals surface area contributed by atoms with Crippen LogP contribution in [0, 0.1) is 0 Å². The Morgan fingerprint density at radius 2 is 2.06 bits per heavy atom. The molecular formula is C13H19N3O. The Labute approximate surface area is 102 Å². The van der Waals surface area contributed by atoms with Gasteiger partial charge in [0.15, 0.2) is 0 Å². The molecule has 0 aromatic heterocycles. The first kappa shape index (κ1) is 11.9. The van der Waals surface area contributed by atoms with E-state index >= 15 is 0 Å². The molecule has 1 atom stereocenters. The molecule has 2 amide bonds. The van der Waals surface area contributed by atoms with Crippen molar-refractivity contribution in [1.29, 1.82) is 0 Å². The smallest absolute Gasteiger partial charge is 0.322 e. The maximum absolute atomic E-state index is 12.1. The van der Waals surface area contributed by atoms with Crippen LogP contribution in [0.2, 0.25) is 0 Å². The number of urea groups is 1. The monoisotopic (exact) mass is 233 g/mol. The number of rotatable bonds is 1. The van der Waals surface area contributed by atoms with Gasteiger partial charge >= 0.3 is 6.03 Å². The van der Waals surface area contributed by atoms with Gasteiger partial charge in [0.05, 0.1) is 5.54 Å². The molecule has 17 heavy (non-hydrogen) atoms. The first-order valence-electron chi connectivity index (χ1n) is 5.91. The van der Waals surface area contributed by atoms with Gasteiger partial charge in [0.2, 0.25) is 0 Å². The summed E-state index contributed by atoms with van der Waals surface area (Å²) in [5, 5.41) is 2.89. The fourth-order valence-electron chi connectivity index (χ4n) is 2.19. The van der Waals surface area contributed by atoms with Gasteiger partial charge in [-0.05, 0) is 32.4 Å². The van der Waals surface area contributed by atoms with Gasteiger partial charge in [0.1, 0.15) is 0 Å². The molecule has 0 spiro atoms. The molecule has 1 aromatic rings. The molecule has 1 aliphatic heterocycles. The lowest BCUT2D eigenvalue weighted by atomic mass is 9.97. The minimum absolute atomic E-state index is 0.0454. The van der Waals surface area contributed by atoms with Gasteiger partial charge in [-0.15, -0.1) is 0 Å². The number of carbonyl (C=O) groups excluding carboxylic acids is 1. The topological polar surface area (TPSA) is 58.4 Å². The predicted octanol–water partition coefficient (Wildman–Crippen LogP) is 2.03. The first-order chi connectivity index (χ1) is 8.01. The van der Waals surface area contributed by atoms with Crippen LogP contribution < -0.4 is 11.1 Å². The minimum Gasteiger partial charge on any atom is -0.326 e. The van der Waals surface area contributed by atoms with Crippen LogP contribution in [-0.2, 0) is 0 Å². The number of para-hydroxylation sites is 1. The summed E-state index contributed by atoms with van der Waals surface area (Å²) in [6, 6.07) is 9.44. The number of nitrogens with one attached hydrogen (secondary N) is 1. The second kappa shape index (κ2) is 4.37. The molecule has 0 saturated carbocycles. The number of nitrogens with zero attached hydrogens (tertiary/aromatic N) is 1. The maximum Gasteiger partial charge on any atom is 0.322 e. The van der Waals surface area contributed by atoms with E-state index < -0.39 is 0 Å². The summed E-state index contributed by atoms with van der Waals surface area (Å²) < 4.78 is 0. The highest BCUT2D eigenvalue weighted by molar-refractivity contribution is 5.90. The summed E-state index contributed by atoms with van der Waals surface area (Å²) in [6.07, 6.45) is 0.856. The number of nitrogens with two attached hydrogens (primary N) is 1. The summed E-state index contributed by atoms with van der Waals surface area (Å²) in [5.41, 5.74) is 6.55. The standard InChI is InChI=1S/C13H19N3O/c1-13(2)11(14)8-9-16(13)12(17)15-10-6-4-3-5-7-10/h3-7,11H,8-9,14H2,1-2H3,(H,15,17). The Balaban J connectivity index is 2.07. The Morgan fingerprint density at radius 3 is 2.59 bits per heavy atom. The third-order valence-electron chi connectivity index (χ3n) is 3.54. The van der Waals surface area contributed by atoms with Crippen molar-refractivity contribution >= 4 is 11.7 Å². The summed E-state index contributed by atoms with van der Waals surface area (Å²) in [7, 11) is 0. The second-order valence-corrected chi connectivity index (χ2v) is 5.00. The van der Waals surface area contributed by atoms with Crippen molar-refractivity contribution in [2.75, 3.05) is 11.9 Å². The molecule has 3 N–H and O–H groups in total. The highest BCUT2D eigenvalue weighted by Crippen LogP contribution is 2.28. The number of anilines is 1. The highest BCUT2D eigenvalue weighted by atomic mass is 16.2. The second-order valence-electron chi connectivity index (χ2n) is 5.00. The molecule has 0 aliphatic carbocycles. The summed E-state index contributed by atoms with van der Waals surface area (Å²) in [6.45, 7) is 4.73. The molecule has 92 valence electrons. The lowest BCUT2D eigenvalue weighted by Crippen LogP contribution is -2.52. The van der Waals surface area contributed by atoms with E-state index in [9.17, 15) is 4.79 Å². The zero-order valence-corrected chi connectivity index (χ0v) is 10.3. The van der Waals surface area contributed by atoms with Gasteiger partial charge < -0.3 is 16.0 Å². The van der Waals surface area contributed by atoms with E-state index in [0.29, 0.717) is 6.54 Å². The third kappa shape index (κ3) is 2.26. The molecule has 1 fully saturated rings. The lowest BCUT2D eigenvalue weighted by molar-refractivity contribution is 0.172. The Hall–Kier alpha value is -1.55. The molecule has 0 radical (unpaired) electrons. The van der Waals surface area contributed by atoms with Crippen LogP contribution in [0.25, 0.3) is 0 Å². The molecule has 4 heteroatoms. The average Bonchev–Trinajstić information content (AvgIpc) is 2.55. The molecule has 1 aromatic carbocycles. The molecule has 0 bridgehead atoms. The Bertz CT molecular complexity index is 402. The normalized spacial score (nSPS) is 22.5. The van der Waals surface area contributed by atoms with Crippen LogP contribution in [0.1, 0.15) is 20.3 Å². The van der Waals surface area contributed by atoms with E-state index in [0.717, 1.165) is 12.1 Å². The van der Waals surface area contributed by atoms with Crippen molar-refractivity contribution < 1.29 is 4.79 Å². The SMILES string of the molecule is CC1(C)C(N)CCN1C(=O)Nc1ccccc1. The Kier molecular flexibility index (Phi) is 3.07. The van der Waals surface area contributed by atoms with Gasteiger partial charge in [0, 0.05) is 18.3 Å². The Morgan fingerprint density at radius 1 is 1.41 bits per heavy atom. The molecule has 1 heterocycles. The molecule has 1 unspecified atom stereocenters. The number of hydrogen-bond acceptors (Lipinski definition) is 2. The molecular weight excluding hydrogens is 214 g/mol. The number of amides is 2. The van der Waals surface area contributed by atoms with E-state index in [2.05, 4.69) is 5.32 Å². The third-order valence-corrected chi connectivity index (χ3v) is 3.54. The fourth-order valence-corrected chi connectivity index (χ4v) is 2.19. The van der Waals surface area contributed by atoms with Gasteiger partial charge in [-0.2, -0.15) is 0 Å². The number of carbonyl (C=O) groups is 1. The van der Waals surface area contributed by atoms with E-state index in [1.54, 1.807) is 0 Å². The predicted molar refractivity (Wildman–Crippen MR) is 68.8 cm³/mol. The van der Waals surface area contributed by atoms with Crippen LogP contribution in [0.5, 0.6) is 0 Å². The van der Waals surface area contributed by atoms with Crippen molar-refractivity contribution in [3.8, 4) is 0 Å². The highest BCUT2D eigenvalue weighted by Gasteiger charge is 2.41. The number of likely N-dealkylation sites (tertiary alicyclic amines) is 1. The largest absolute Gasteiger partial charge is 0.326 e. The molecule has 4 nitrogen and oxygen atoms in total. The van der Waals surface area contributed by atoms with Gasteiger partial charge in [-0.3, -0.25) is 0 Å². The zero-order chi connectivity index (χ0) is 12.5.